The van der Waals surface area contributed by atoms with Gasteiger partial charge in [-0.25, -0.2) is 9.59 Å². The summed E-state index contributed by atoms with van der Waals surface area (Å²) in [6.45, 7) is 1.86. The minimum atomic E-state index is -0.544. The van der Waals surface area contributed by atoms with E-state index in [2.05, 4.69) is 0 Å². The molecular weight excluding hydrogens is 444 g/mol. The molecule has 6 nitrogen and oxygen atoms in total. The third-order valence-corrected chi connectivity index (χ3v) is 10.0. The van der Waals surface area contributed by atoms with Crippen LogP contribution in [0.15, 0.2) is 18.2 Å². The lowest BCUT2D eigenvalue weighted by atomic mass is 9.53. The highest BCUT2D eigenvalue weighted by molar-refractivity contribution is 5.96. The molecule has 0 heterocycles. The molecular formula is C29H32O6. The van der Waals surface area contributed by atoms with Crippen LogP contribution in [0.4, 0.5) is 0 Å². The highest BCUT2D eigenvalue weighted by Crippen LogP contribution is 2.57. The van der Waals surface area contributed by atoms with E-state index in [-0.39, 0.29) is 23.7 Å². The van der Waals surface area contributed by atoms with Crippen molar-refractivity contribution in [2.45, 2.75) is 82.3 Å². The van der Waals surface area contributed by atoms with E-state index >= 15 is 0 Å². The van der Waals surface area contributed by atoms with Gasteiger partial charge in [-0.3, -0.25) is 9.59 Å². The topological polar surface area (TPSA) is 86.7 Å². The molecule has 0 aliphatic heterocycles. The van der Waals surface area contributed by atoms with Gasteiger partial charge in [0, 0.05) is 23.7 Å². The largest absolute Gasteiger partial charge is 0.455 e. The molecule has 35 heavy (non-hydrogen) atoms. The van der Waals surface area contributed by atoms with Gasteiger partial charge in [-0.2, -0.15) is 0 Å². The van der Waals surface area contributed by atoms with Crippen molar-refractivity contribution in [3.8, 4) is 0 Å². The monoisotopic (exact) mass is 476 g/mol. The number of benzene rings is 1. The van der Waals surface area contributed by atoms with Crippen LogP contribution < -0.4 is 0 Å². The molecule has 8 fully saturated rings. The number of aryl methyl sites for hydroxylation is 1. The number of carbonyl (C=O) groups excluding carboxylic acids is 4. The smallest absolute Gasteiger partial charge is 0.338 e. The van der Waals surface area contributed by atoms with Crippen LogP contribution in [0.2, 0.25) is 0 Å². The first-order valence-electron chi connectivity index (χ1n) is 13.4. The fourth-order valence-electron chi connectivity index (χ4n) is 9.13. The van der Waals surface area contributed by atoms with E-state index < -0.39 is 23.1 Å². The molecule has 1 aromatic rings. The van der Waals surface area contributed by atoms with E-state index in [0.29, 0.717) is 60.2 Å². The Morgan fingerprint density at radius 1 is 0.657 bits per heavy atom. The lowest BCUT2D eigenvalue weighted by Gasteiger charge is -2.54. The number of ether oxygens (including phenoxy) is 2. The van der Waals surface area contributed by atoms with Crippen LogP contribution in [0, 0.1) is 42.4 Å². The minimum Gasteiger partial charge on any atom is -0.455 e. The van der Waals surface area contributed by atoms with Crippen LogP contribution in [0.25, 0.3) is 0 Å². The lowest BCUT2D eigenvalue weighted by molar-refractivity contribution is -0.162. The number of carbonyl (C=O) groups is 4. The summed E-state index contributed by atoms with van der Waals surface area (Å²) in [4.78, 5) is 51.6. The Labute approximate surface area is 205 Å². The first-order valence-corrected chi connectivity index (χ1v) is 13.4. The van der Waals surface area contributed by atoms with Crippen molar-refractivity contribution >= 4 is 23.5 Å². The molecule has 8 saturated carbocycles. The van der Waals surface area contributed by atoms with Gasteiger partial charge in [0.2, 0.25) is 0 Å². The van der Waals surface area contributed by atoms with Gasteiger partial charge in [0.25, 0.3) is 0 Å². The van der Waals surface area contributed by atoms with Gasteiger partial charge in [0.1, 0.15) is 22.8 Å². The van der Waals surface area contributed by atoms with Crippen LogP contribution in [0.1, 0.15) is 90.5 Å². The first-order chi connectivity index (χ1) is 16.7. The van der Waals surface area contributed by atoms with Crippen molar-refractivity contribution in [1.82, 2.24) is 0 Å². The van der Waals surface area contributed by atoms with Crippen LogP contribution in [-0.2, 0) is 19.1 Å². The number of hydrogen-bond acceptors (Lipinski definition) is 6. The van der Waals surface area contributed by atoms with Crippen LogP contribution >= 0.6 is 0 Å². The molecule has 0 N–H and O–H groups in total. The van der Waals surface area contributed by atoms with Gasteiger partial charge in [0.15, 0.2) is 0 Å². The van der Waals surface area contributed by atoms with E-state index in [0.717, 1.165) is 44.1 Å². The Kier molecular flexibility index (Phi) is 4.52. The predicted molar refractivity (Wildman–Crippen MR) is 125 cm³/mol. The van der Waals surface area contributed by atoms with Crippen molar-refractivity contribution in [2.75, 3.05) is 0 Å². The van der Waals surface area contributed by atoms with E-state index in [1.807, 2.05) is 6.92 Å². The standard InChI is InChI=1S/C29H32O6/c1-15-2-18(26(32)34-28-9-16-4-20(11-28)24(30)21(5-16)12-28)8-19(3-15)27(33)35-29-10-17-6-22(13-29)25(31)23(7-17)14-29/h2-3,8,16-17,20-23H,4-7,9-14H2,1H3. The number of ketones is 2. The summed E-state index contributed by atoms with van der Waals surface area (Å²) < 4.78 is 12.3. The highest BCUT2D eigenvalue weighted by Gasteiger charge is 2.58. The Morgan fingerprint density at radius 2 is 1.03 bits per heavy atom. The van der Waals surface area contributed by atoms with Crippen molar-refractivity contribution in [1.29, 1.82) is 0 Å². The highest BCUT2D eigenvalue weighted by atomic mass is 16.6. The van der Waals surface area contributed by atoms with E-state index in [1.54, 1.807) is 18.2 Å². The number of Topliss-reactive ketones (excluding diaryl/α,β-unsaturated/α-hetero) is 2. The minimum absolute atomic E-state index is 0.0317. The maximum Gasteiger partial charge on any atom is 0.338 e. The third kappa shape index (κ3) is 3.42. The Balaban J connectivity index is 1.10. The Hall–Kier alpha value is -2.50. The lowest BCUT2D eigenvalue weighted by Crippen LogP contribution is -2.57. The number of esters is 2. The summed E-state index contributed by atoms with van der Waals surface area (Å²) in [6.07, 6.45) is 7.96. The zero-order chi connectivity index (χ0) is 24.1. The molecule has 6 heteroatoms. The molecule has 0 spiro atoms. The van der Waals surface area contributed by atoms with Crippen LogP contribution in [0.3, 0.4) is 0 Å². The number of rotatable bonds is 4. The summed E-state index contributed by atoms with van der Waals surface area (Å²) in [5.41, 5.74) is 0.433. The normalized spacial score (nSPS) is 42.4. The summed E-state index contributed by atoms with van der Waals surface area (Å²) >= 11 is 0. The zero-order valence-electron chi connectivity index (χ0n) is 20.2. The molecule has 4 atom stereocenters. The van der Waals surface area contributed by atoms with Crippen molar-refractivity contribution in [3.05, 3.63) is 34.9 Å². The van der Waals surface area contributed by atoms with Crippen LogP contribution in [0.5, 0.6) is 0 Å². The third-order valence-electron chi connectivity index (χ3n) is 10.0. The van der Waals surface area contributed by atoms with Crippen molar-refractivity contribution in [3.63, 3.8) is 0 Å². The summed E-state index contributed by atoms with van der Waals surface area (Å²) in [5, 5.41) is 0. The molecule has 9 rings (SSSR count). The first kappa shape index (κ1) is 21.8. The number of hydrogen-bond donors (Lipinski definition) is 0. The second kappa shape index (κ2) is 7.27. The average molecular weight is 477 g/mol. The van der Waals surface area contributed by atoms with Gasteiger partial charge in [-0.15, -0.1) is 0 Å². The van der Waals surface area contributed by atoms with Gasteiger partial charge in [-0.1, -0.05) is 0 Å². The predicted octanol–water partition coefficient (Wildman–Crippen LogP) is 4.60. The summed E-state index contributed by atoms with van der Waals surface area (Å²) in [5.74, 6) is 0.942. The SMILES string of the molecule is Cc1cc(C(=O)OC23CC4CC(C2)C(=O)C(C4)C3)cc(C(=O)OC23CC4CC(C2)C(=O)C(C4)C3)c1. The van der Waals surface area contributed by atoms with E-state index in [9.17, 15) is 19.2 Å². The summed E-state index contributed by atoms with van der Waals surface area (Å²) in [6, 6.07) is 5.11. The van der Waals surface area contributed by atoms with E-state index in [4.69, 9.17) is 9.47 Å². The van der Waals surface area contributed by atoms with E-state index in [1.165, 1.54) is 0 Å². The molecule has 8 aliphatic carbocycles. The maximum atomic E-state index is 13.3. The molecule has 0 aromatic heterocycles. The van der Waals surface area contributed by atoms with Gasteiger partial charge in [0.05, 0.1) is 11.1 Å². The zero-order valence-corrected chi connectivity index (χ0v) is 20.2. The molecule has 8 bridgehead atoms. The Morgan fingerprint density at radius 3 is 1.40 bits per heavy atom. The molecule has 4 unspecified atom stereocenters. The van der Waals surface area contributed by atoms with Crippen molar-refractivity contribution in [2.24, 2.45) is 35.5 Å². The molecule has 0 saturated heterocycles. The molecule has 184 valence electrons. The average Bonchev–Trinajstić information content (AvgIpc) is 2.79. The van der Waals surface area contributed by atoms with Crippen molar-refractivity contribution < 1.29 is 28.7 Å². The summed E-state index contributed by atoms with van der Waals surface area (Å²) in [7, 11) is 0. The fourth-order valence-corrected chi connectivity index (χ4v) is 9.13. The quantitative estimate of drug-likeness (QED) is 0.590. The van der Waals surface area contributed by atoms with Gasteiger partial charge in [-0.05, 0) is 107 Å². The maximum absolute atomic E-state index is 13.3. The van der Waals surface area contributed by atoms with Gasteiger partial charge >= 0.3 is 11.9 Å². The fraction of sp³-hybridized carbons (Fsp3) is 0.655. The van der Waals surface area contributed by atoms with Crippen LogP contribution in [-0.4, -0.2) is 34.7 Å². The molecule has 8 aliphatic rings. The molecule has 0 amide bonds. The molecule has 0 radical (unpaired) electrons. The molecule has 1 aromatic carbocycles. The van der Waals surface area contributed by atoms with Gasteiger partial charge < -0.3 is 9.47 Å². The second-order valence-corrected chi connectivity index (χ2v) is 12.7. The Bertz CT molecular complexity index is 1040. The second-order valence-electron chi connectivity index (χ2n) is 12.7.